The lowest BCUT2D eigenvalue weighted by Gasteiger charge is -2.29. The minimum absolute atomic E-state index is 0.00184. The zero-order valence-corrected chi connectivity index (χ0v) is 16.7. The van der Waals surface area contributed by atoms with Crippen LogP contribution >= 0.6 is 0 Å². The SMILES string of the molecule is O=C(C[NH+]1CCC(NC(=O)c2ccccc2F)CC1)Nc1cccc2ccccc12. The third-order valence-electron chi connectivity index (χ3n) is 5.62. The summed E-state index contributed by atoms with van der Waals surface area (Å²) in [7, 11) is 0. The Hall–Kier alpha value is -3.25. The summed E-state index contributed by atoms with van der Waals surface area (Å²) in [5.74, 6) is -0.909. The lowest BCUT2D eigenvalue weighted by atomic mass is 10.0. The van der Waals surface area contributed by atoms with Crippen LogP contribution in [0.3, 0.4) is 0 Å². The summed E-state index contributed by atoms with van der Waals surface area (Å²) in [5.41, 5.74) is 0.895. The van der Waals surface area contributed by atoms with E-state index in [1.165, 1.54) is 17.0 Å². The van der Waals surface area contributed by atoms with Gasteiger partial charge >= 0.3 is 0 Å². The second kappa shape index (κ2) is 9.05. The van der Waals surface area contributed by atoms with E-state index in [4.69, 9.17) is 0 Å². The van der Waals surface area contributed by atoms with Gasteiger partial charge in [-0.05, 0) is 23.6 Å². The maximum atomic E-state index is 13.8. The molecule has 3 aromatic carbocycles. The Balaban J connectivity index is 1.28. The highest BCUT2D eigenvalue weighted by Crippen LogP contribution is 2.22. The summed E-state index contributed by atoms with van der Waals surface area (Å²) in [6, 6.07) is 19.8. The number of quaternary nitrogens is 1. The number of nitrogens with one attached hydrogen (secondary N) is 3. The first-order valence-electron chi connectivity index (χ1n) is 10.3. The maximum absolute atomic E-state index is 13.8. The van der Waals surface area contributed by atoms with Crippen LogP contribution in [0.4, 0.5) is 10.1 Å². The monoisotopic (exact) mass is 406 g/mol. The minimum Gasteiger partial charge on any atom is -0.349 e. The van der Waals surface area contributed by atoms with E-state index < -0.39 is 5.82 Å². The van der Waals surface area contributed by atoms with Crippen molar-refractivity contribution in [3.8, 4) is 0 Å². The summed E-state index contributed by atoms with van der Waals surface area (Å²) in [4.78, 5) is 26.0. The maximum Gasteiger partial charge on any atom is 0.279 e. The minimum atomic E-state index is -0.511. The van der Waals surface area contributed by atoms with Gasteiger partial charge in [0, 0.05) is 30.0 Å². The predicted molar refractivity (Wildman–Crippen MR) is 115 cm³/mol. The van der Waals surface area contributed by atoms with E-state index >= 15 is 0 Å². The molecule has 1 aliphatic heterocycles. The average Bonchev–Trinajstić information content (AvgIpc) is 2.75. The first-order valence-corrected chi connectivity index (χ1v) is 10.3. The fraction of sp³-hybridized carbons (Fsp3) is 0.250. The lowest BCUT2D eigenvalue weighted by Crippen LogP contribution is -3.14. The highest BCUT2D eigenvalue weighted by molar-refractivity contribution is 6.02. The number of carbonyl (C=O) groups excluding carboxylic acids is 2. The van der Waals surface area contributed by atoms with Gasteiger partial charge in [0.1, 0.15) is 5.82 Å². The molecular weight excluding hydrogens is 381 g/mol. The van der Waals surface area contributed by atoms with Crippen molar-refractivity contribution in [2.75, 3.05) is 25.0 Å². The number of piperidine rings is 1. The van der Waals surface area contributed by atoms with Crippen LogP contribution in [-0.2, 0) is 4.79 Å². The molecule has 0 spiro atoms. The van der Waals surface area contributed by atoms with Gasteiger partial charge in [-0.3, -0.25) is 9.59 Å². The van der Waals surface area contributed by atoms with Gasteiger partial charge in [-0.2, -0.15) is 0 Å². The molecule has 1 heterocycles. The van der Waals surface area contributed by atoms with Gasteiger partial charge in [0.15, 0.2) is 6.54 Å². The summed E-state index contributed by atoms with van der Waals surface area (Å²) in [5, 5.41) is 8.07. The van der Waals surface area contributed by atoms with E-state index in [-0.39, 0.29) is 23.4 Å². The van der Waals surface area contributed by atoms with Crippen LogP contribution in [0.15, 0.2) is 66.7 Å². The molecule has 4 rings (SSSR count). The summed E-state index contributed by atoms with van der Waals surface area (Å²) >= 11 is 0. The number of hydrogen-bond donors (Lipinski definition) is 3. The van der Waals surface area contributed by atoms with Gasteiger partial charge < -0.3 is 15.5 Å². The molecule has 5 nitrogen and oxygen atoms in total. The van der Waals surface area contributed by atoms with Gasteiger partial charge in [-0.1, -0.05) is 48.5 Å². The van der Waals surface area contributed by atoms with E-state index in [1.54, 1.807) is 12.1 Å². The fourth-order valence-electron chi connectivity index (χ4n) is 4.01. The predicted octanol–water partition coefficient (Wildman–Crippen LogP) is 2.39. The standard InChI is InChI=1S/C24H24FN3O2/c25-21-10-4-3-9-20(21)24(30)26-18-12-14-28(15-13-18)16-23(29)27-22-11-5-7-17-6-1-2-8-19(17)22/h1-11,18H,12-16H2,(H,26,30)(H,27,29)/p+1. The van der Waals surface area contributed by atoms with E-state index in [9.17, 15) is 14.0 Å². The largest absolute Gasteiger partial charge is 0.349 e. The smallest absolute Gasteiger partial charge is 0.279 e. The number of likely N-dealkylation sites (tertiary alicyclic amines) is 1. The van der Waals surface area contributed by atoms with Crippen LogP contribution in [0, 0.1) is 5.82 Å². The molecule has 0 aliphatic carbocycles. The number of fused-ring (bicyclic) bond motifs is 1. The Morgan fingerprint density at radius 3 is 2.43 bits per heavy atom. The molecule has 154 valence electrons. The number of amides is 2. The van der Waals surface area contributed by atoms with Crippen LogP contribution in [0.5, 0.6) is 0 Å². The van der Waals surface area contributed by atoms with E-state index in [0.29, 0.717) is 6.54 Å². The molecule has 0 atom stereocenters. The molecule has 0 saturated carbocycles. The zero-order valence-electron chi connectivity index (χ0n) is 16.7. The Kier molecular flexibility index (Phi) is 6.05. The van der Waals surface area contributed by atoms with Crippen molar-refractivity contribution in [3.63, 3.8) is 0 Å². The van der Waals surface area contributed by atoms with E-state index in [1.807, 2.05) is 42.5 Å². The van der Waals surface area contributed by atoms with Crippen molar-refractivity contribution in [2.24, 2.45) is 0 Å². The Morgan fingerprint density at radius 1 is 0.933 bits per heavy atom. The number of halogens is 1. The highest BCUT2D eigenvalue weighted by Gasteiger charge is 2.26. The van der Waals surface area contributed by atoms with Crippen molar-refractivity contribution in [2.45, 2.75) is 18.9 Å². The van der Waals surface area contributed by atoms with Crippen molar-refractivity contribution in [1.29, 1.82) is 0 Å². The van der Waals surface area contributed by atoms with E-state index in [0.717, 1.165) is 42.4 Å². The highest BCUT2D eigenvalue weighted by atomic mass is 19.1. The second-order valence-corrected chi connectivity index (χ2v) is 7.73. The number of rotatable bonds is 5. The lowest BCUT2D eigenvalue weighted by molar-refractivity contribution is -0.897. The molecule has 1 saturated heterocycles. The summed E-state index contributed by atoms with van der Waals surface area (Å²) < 4.78 is 13.8. The van der Waals surface area contributed by atoms with Crippen molar-refractivity contribution in [3.05, 3.63) is 78.1 Å². The Labute approximate surface area is 174 Å². The van der Waals surface area contributed by atoms with Gasteiger partial charge in [-0.15, -0.1) is 0 Å². The molecule has 3 aromatic rings. The molecule has 6 heteroatoms. The number of anilines is 1. The van der Waals surface area contributed by atoms with Crippen LogP contribution in [0.2, 0.25) is 0 Å². The normalized spacial score (nSPS) is 18.7. The van der Waals surface area contributed by atoms with Crippen molar-refractivity contribution >= 4 is 28.3 Å². The quantitative estimate of drug-likeness (QED) is 0.609. The van der Waals surface area contributed by atoms with Crippen LogP contribution in [0.25, 0.3) is 10.8 Å². The molecule has 30 heavy (non-hydrogen) atoms. The van der Waals surface area contributed by atoms with Crippen LogP contribution in [-0.4, -0.2) is 37.5 Å². The molecule has 1 fully saturated rings. The molecule has 0 radical (unpaired) electrons. The van der Waals surface area contributed by atoms with Gasteiger partial charge in [0.05, 0.1) is 18.7 Å². The topological polar surface area (TPSA) is 62.6 Å². The molecule has 1 aliphatic rings. The first-order chi connectivity index (χ1) is 14.6. The fourth-order valence-corrected chi connectivity index (χ4v) is 4.01. The van der Waals surface area contributed by atoms with Crippen molar-refractivity contribution in [1.82, 2.24) is 5.32 Å². The Morgan fingerprint density at radius 2 is 1.63 bits per heavy atom. The van der Waals surface area contributed by atoms with Gasteiger partial charge in [0.25, 0.3) is 11.8 Å². The second-order valence-electron chi connectivity index (χ2n) is 7.73. The van der Waals surface area contributed by atoms with Crippen LogP contribution < -0.4 is 15.5 Å². The number of hydrogen-bond acceptors (Lipinski definition) is 2. The zero-order chi connectivity index (χ0) is 20.9. The third-order valence-corrected chi connectivity index (χ3v) is 5.62. The van der Waals surface area contributed by atoms with Crippen LogP contribution in [0.1, 0.15) is 23.2 Å². The van der Waals surface area contributed by atoms with E-state index in [2.05, 4.69) is 10.6 Å². The van der Waals surface area contributed by atoms with Gasteiger partial charge in [-0.25, -0.2) is 4.39 Å². The first kappa shape index (κ1) is 20.0. The summed E-state index contributed by atoms with van der Waals surface area (Å²) in [6.45, 7) is 1.95. The molecule has 0 aromatic heterocycles. The van der Waals surface area contributed by atoms with Gasteiger partial charge in [0.2, 0.25) is 0 Å². The summed E-state index contributed by atoms with van der Waals surface area (Å²) in [6.07, 6.45) is 1.52. The molecule has 3 N–H and O–H groups in total. The number of benzene rings is 3. The molecule has 0 unspecified atom stereocenters. The molecule has 2 amide bonds. The van der Waals surface area contributed by atoms with Crippen molar-refractivity contribution < 1.29 is 18.9 Å². The molecule has 0 bridgehead atoms. The third kappa shape index (κ3) is 4.66. The number of carbonyl (C=O) groups is 2. The average molecular weight is 406 g/mol. The Bertz CT molecular complexity index is 1060. The molecular formula is C24H25FN3O2+.